The molecule has 28 heavy (non-hydrogen) atoms. The summed E-state index contributed by atoms with van der Waals surface area (Å²) in [6.07, 6.45) is 0. The molecule has 6 nitrogen and oxygen atoms in total. The molecule has 4 rings (SSSR count). The summed E-state index contributed by atoms with van der Waals surface area (Å²) < 4.78 is 27.9. The summed E-state index contributed by atoms with van der Waals surface area (Å²) in [5.74, 6) is -3.46. The normalized spacial score (nSPS) is 13.0. The van der Waals surface area contributed by atoms with Crippen LogP contribution >= 0.6 is 11.3 Å². The highest BCUT2D eigenvalue weighted by Gasteiger charge is 2.37. The van der Waals surface area contributed by atoms with Crippen LogP contribution in [0.4, 0.5) is 20.2 Å². The van der Waals surface area contributed by atoms with Gasteiger partial charge in [0.25, 0.3) is 17.7 Å². The Hall–Kier alpha value is -3.46. The van der Waals surface area contributed by atoms with Gasteiger partial charge < -0.3 is 5.32 Å². The van der Waals surface area contributed by atoms with Gasteiger partial charge in [-0.2, -0.15) is 0 Å². The minimum atomic E-state index is -0.832. The van der Waals surface area contributed by atoms with Gasteiger partial charge in [-0.15, -0.1) is 11.3 Å². The number of amides is 3. The zero-order valence-corrected chi connectivity index (χ0v) is 15.1. The number of nitrogens with one attached hydrogen (secondary N) is 1. The molecular weight excluding hydrogens is 388 g/mol. The summed E-state index contributed by atoms with van der Waals surface area (Å²) >= 11 is 1.29. The molecule has 0 fully saturated rings. The molecule has 0 saturated heterocycles. The number of anilines is 2. The molecule has 0 aliphatic carbocycles. The third-order valence-corrected chi connectivity index (χ3v) is 5.03. The Morgan fingerprint density at radius 1 is 1.07 bits per heavy atom. The number of aromatic nitrogens is 1. The van der Waals surface area contributed by atoms with Crippen molar-refractivity contribution in [2.24, 2.45) is 0 Å². The molecular formula is C19H11F2N3O3S. The number of fused-ring (bicyclic) bond motifs is 1. The van der Waals surface area contributed by atoms with Gasteiger partial charge in [0.1, 0.15) is 17.3 Å². The predicted octanol–water partition coefficient (Wildman–Crippen LogP) is 3.78. The second-order valence-corrected chi connectivity index (χ2v) is 7.07. The quantitative estimate of drug-likeness (QED) is 0.680. The first-order chi connectivity index (χ1) is 13.4. The van der Waals surface area contributed by atoms with Crippen LogP contribution in [0.25, 0.3) is 0 Å². The number of aryl methyl sites for hydroxylation is 1. The van der Waals surface area contributed by atoms with Crippen molar-refractivity contribution in [3.8, 4) is 0 Å². The van der Waals surface area contributed by atoms with E-state index in [0.717, 1.165) is 23.1 Å². The van der Waals surface area contributed by atoms with E-state index >= 15 is 0 Å². The first-order valence-electron chi connectivity index (χ1n) is 8.06. The van der Waals surface area contributed by atoms with E-state index in [1.165, 1.54) is 35.0 Å². The van der Waals surface area contributed by atoms with Gasteiger partial charge in [-0.1, -0.05) is 0 Å². The van der Waals surface area contributed by atoms with Gasteiger partial charge >= 0.3 is 0 Å². The molecule has 3 aromatic rings. The number of carbonyl (C=O) groups excluding carboxylic acids is 3. The van der Waals surface area contributed by atoms with Gasteiger partial charge in [0.05, 0.1) is 28.0 Å². The summed E-state index contributed by atoms with van der Waals surface area (Å²) in [7, 11) is 0. The molecule has 9 heteroatoms. The number of imide groups is 1. The standard InChI is InChI=1S/C19H11F2N3O3S/c1-9-16(22-8-28-9)17(25)23-15-5-3-11(7-14(15)21)24-18(26)12-4-2-10(20)6-13(12)19(24)27/h2-8H,1H3,(H,23,25). The van der Waals surface area contributed by atoms with Gasteiger partial charge in [0, 0.05) is 10.9 Å². The van der Waals surface area contributed by atoms with E-state index in [0.29, 0.717) is 4.88 Å². The number of hydrogen-bond donors (Lipinski definition) is 1. The highest BCUT2D eigenvalue weighted by molar-refractivity contribution is 7.09. The number of nitrogens with zero attached hydrogens (tertiary/aromatic N) is 2. The molecule has 1 aliphatic heterocycles. The number of thiazole rings is 1. The highest BCUT2D eigenvalue weighted by atomic mass is 32.1. The Balaban J connectivity index is 1.62. The van der Waals surface area contributed by atoms with Gasteiger partial charge in [-0.05, 0) is 37.3 Å². The molecule has 0 radical (unpaired) electrons. The van der Waals surface area contributed by atoms with E-state index in [4.69, 9.17) is 0 Å². The minimum absolute atomic E-state index is 0.0213. The maximum absolute atomic E-state index is 14.5. The predicted molar refractivity (Wildman–Crippen MR) is 98.7 cm³/mol. The van der Waals surface area contributed by atoms with Crippen molar-refractivity contribution in [1.82, 2.24) is 4.98 Å². The lowest BCUT2D eigenvalue weighted by molar-refractivity contribution is 0.0924. The van der Waals surface area contributed by atoms with Crippen LogP contribution in [-0.4, -0.2) is 22.7 Å². The van der Waals surface area contributed by atoms with Crippen LogP contribution in [0.5, 0.6) is 0 Å². The Bertz CT molecular complexity index is 1160. The maximum Gasteiger partial charge on any atom is 0.275 e. The number of carbonyl (C=O) groups is 3. The first kappa shape index (κ1) is 17.9. The zero-order valence-electron chi connectivity index (χ0n) is 14.3. The van der Waals surface area contributed by atoms with Crippen LogP contribution in [0.1, 0.15) is 36.1 Å². The summed E-state index contributed by atoms with van der Waals surface area (Å²) in [4.78, 5) is 42.5. The summed E-state index contributed by atoms with van der Waals surface area (Å²) in [6, 6.07) is 6.79. The van der Waals surface area contributed by atoms with Crippen molar-refractivity contribution < 1.29 is 23.2 Å². The van der Waals surface area contributed by atoms with Crippen LogP contribution in [-0.2, 0) is 0 Å². The average molecular weight is 399 g/mol. The Morgan fingerprint density at radius 2 is 1.82 bits per heavy atom. The SMILES string of the molecule is Cc1scnc1C(=O)Nc1ccc(N2C(=O)c3ccc(F)cc3C2=O)cc1F. The second kappa shape index (κ2) is 6.61. The number of rotatable bonds is 3. The Labute approximate surface area is 161 Å². The van der Waals surface area contributed by atoms with Crippen LogP contribution in [0, 0.1) is 18.6 Å². The zero-order chi connectivity index (χ0) is 20.0. The minimum Gasteiger partial charge on any atom is -0.318 e. The molecule has 1 aliphatic rings. The smallest absolute Gasteiger partial charge is 0.275 e. The first-order valence-corrected chi connectivity index (χ1v) is 8.94. The maximum atomic E-state index is 14.5. The molecule has 2 aromatic carbocycles. The number of benzene rings is 2. The van der Waals surface area contributed by atoms with E-state index in [2.05, 4.69) is 10.3 Å². The molecule has 2 heterocycles. The number of hydrogen-bond acceptors (Lipinski definition) is 5. The van der Waals surface area contributed by atoms with E-state index in [9.17, 15) is 23.2 Å². The van der Waals surface area contributed by atoms with E-state index < -0.39 is 29.4 Å². The van der Waals surface area contributed by atoms with Crippen LogP contribution in [0.3, 0.4) is 0 Å². The van der Waals surface area contributed by atoms with Crippen molar-refractivity contribution in [3.63, 3.8) is 0 Å². The molecule has 0 spiro atoms. The van der Waals surface area contributed by atoms with Crippen molar-refractivity contribution in [3.05, 3.63) is 75.2 Å². The lowest BCUT2D eigenvalue weighted by atomic mass is 10.1. The lowest BCUT2D eigenvalue weighted by Crippen LogP contribution is -2.29. The molecule has 1 aromatic heterocycles. The van der Waals surface area contributed by atoms with Gasteiger partial charge in [0.15, 0.2) is 0 Å². The second-order valence-electron chi connectivity index (χ2n) is 6.01. The van der Waals surface area contributed by atoms with Crippen LogP contribution < -0.4 is 10.2 Å². The van der Waals surface area contributed by atoms with Gasteiger partial charge in [0.2, 0.25) is 0 Å². The third-order valence-electron chi connectivity index (χ3n) is 4.27. The fourth-order valence-corrected chi connectivity index (χ4v) is 3.47. The monoisotopic (exact) mass is 399 g/mol. The van der Waals surface area contributed by atoms with Crippen molar-refractivity contribution in [2.45, 2.75) is 6.92 Å². The summed E-state index contributed by atoms with van der Waals surface area (Å²) in [6.45, 7) is 1.72. The van der Waals surface area contributed by atoms with Crippen molar-refractivity contribution >= 4 is 40.4 Å². The van der Waals surface area contributed by atoms with Crippen molar-refractivity contribution in [2.75, 3.05) is 10.2 Å². The Morgan fingerprint density at radius 3 is 2.50 bits per heavy atom. The van der Waals surface area contributed by atoms with E-state index in [1.807, 2.05) is 0 Å². The highest BCUT2D eigenvalue weighted by Crippen LogP contribution is 2.31. The Kier molecular flexibility index (Phi) is 4.23. The molecule has 0 unspecified atom stereocenters. The third kappa shape index (κ3) is 2.85. The molecule has 1 N–H and O–H groups in total. The molecule has 3 amide bonds. The summed E-state index contributed by atoms with van der Waals surface area (Å²) in [5, 5.41) is 2.41. The van der Waals surface area contributed by atoms with Gasteiger partial charge in [-0.25, -0.2) is 18.7 Å². The molecule has 0 atom stereocenters. The van der Waals surface area contributed by atoms with Crippen LogP contribution in [0.15, 0.2) is 41.9 Å². The average Bonchev–Trinajstić information content (AvgIpc) is 3.19. The van der Waals surface area contributed by atoms with Gasteiger partial charge in [-0.3, -0.25) is 14.4 Å². The van der Waals surface area contributed by atoms with Crippen LogP contribution in [0.2, 0.25) is 0 Å². The topological polar surface area (TPSA) is 79.4 Å². The van der Waals surface area contributed by atoms with E-state index in [1.54, 1.807) is 6.92 Å². The van der Waals surface area contributed by atoms with E-state index in [-0.39, 0.29) is 28.2 Å². The molecule has 140 valence electrons. The number of halogens is 2. The molecule has 0 bridgehead atoms. The van der Waals surface area contributed by atoms with Crippen molar-refractivity contribution in [1.29, 1.82) is 0 Å². The summed E-state index contributed by atoms with van der Waals surface area (Å²) in [5.41, 5.74) is 1.52. The lowest BCUT2D eigenvalue weighted by Gasteiger charge is -2.15. The largest absolute Gasteiger partial charge is 0.318 e. The fraction of sp³-hybridized carbons (Fsp3) is 0.0526. The molecule has 0 saturated carbocycles. The fourth-order valence-electron chi connectivity index (χ4n) is 2.90.